The van der Waals surface area contributed by atoms with E-state index < -0.39 is 29.0 Å². The third-order valence-corrected chi connectivity index (χ3v) is 7.18. The molecule has 0 saturated carbocycles. The maximum Gasteiger partial charge on any atom is 0.246 e. The van der Waals surface area contributed by atoms with E-state index >= 15 is 0 Å². The molecule has 0 aromatic heterocycles. The topological polar surface area (TPSA) is 123 Å². The molecule has 4 unspecified atom stereocenters. The number of likely N-dealkylation sites (tertiary alicyclic amines) is 1. The normalized spacial score (nSPS) is 18.4. The lowest BCUT2D eigenvalue weighted by molar-refractivity contribution is -0.146. The van der Waals surface area contributed by atoms with E-state index in [1.54, 1.807) is 24.3 Å². The maximum absolute atomic E-state index is 13.7. The van der Waals surface area contributed by atoms with E-state index in [-0.39, 0.29) is 42.6 Å². The van der Waals surface area contributed by atoms with Gasteiger partial charge in [-0.3, -0.25) is 14.4 Å². The third kappa shape index (κ3) is 9.65. The molecular formula is C31H52N4O4. The number of nitrogens with one attached hydrogen (secondary N) is 2. The van der Waals surface area contributed by atoms with Crippen LogP contribution in [0.25, 0.3) is 0 Å². The third-order valence-electron chi connectivity index (χ3n) is 7.18. The highest BCUT2D eigenvalue weighted by Crippen LogP contribution is 2.30. The Labute approximate surface area is 236 Å². The van der Waals surface area contributed by atoms with Gasteiger partial charge in [-0.05, 0) is 36.0 Å². The summed E-state index contributed by atoms with van der Waals surface area (Å²) in [4.78, 5) is 41.4. The molecule has 2 rings (SSSR count). The van der Waals surface area contributed by atoms with Gasteiger partial charge in [-0.1, -0.05) is 88.3 Å². The molecule has 220 valence electrons. The van der Waals surface area contributed by atoms with Crippen molar-refractivity contribution in [3.8, 4) is 6.07 Å². The highest BCUT2D eigenvalue weighted by atomic mass is 16.3. The van der Waals surface area contributed by atoms with Crippen molar-refractivity contribution in [1.82, 2.24) is 15.5 Å². The molecule has 1 aromatic rings. The van der Waals surface area contributed by atoms with Crippen LogP contribution >= 0.6 is 0 Å². The number of β-amino-alcohol motifs (C(OH)–C–C–N with tert-alkyl or cyclic N) is 1. The minimum atomic E-state index is -0.857. The van der Waals surface area contributed by atoms with E-state index in [2.05, 4.69) is 16.7 Å². The van der Waals surface area contributed by atoms with Crippen molar-refractivity contribution in [1.29, 1.82) is 5.26 Å². The Bertz CT molecular complexity index is 974. The summed E-state index contributed by atoms with van der Waals surface area (Å²) in [7, 11) is 0. The quantitative estimate of drug-likeness (QED) is 0.448. The molecule has 0 aliphatic carbocycles. The summed E-state index contributed by atoms with van der Waals surface area (Å²) in [6.45, 7) is 23.1. The van der Waals surface area contributed by atoms with Crippen LogP contribution < -0.4 is 10.6 Å². The molecule has 3 N–H and O–H groups in total. The SMILES string of the molecule is CC.CC.CC(NC(=O)C1CC(O)CN1C(=O)C(NC(=O)C(C)(C)C(C)C)C(C)(C)C)c1ccc(C#N)cc1. The van der Waals surface area contributed by atoms with E-state index in [4.69, 9.17) is 5.26 Å². The summed E-state index contributed by atoms with van der Waals surface area (Å²) < 4.78 is 0. The molecule has 0 bridgehead atoms. The molecule has 0 radical (unpaired) electrons. The van der Waals surface area contributed by atoms with Gasteiger partial charge in [0.2, 0.25) is 17.7 Å². The van der Waals surface area contributed by atoms with Crippen molar-refractivity contribution >= 4 is 17.7 Å². The Balaban J connectivity index is 0.00000344. The van der Waals surface area contributed by atoms with Crippen LogP contribution in [0.15, 0.2) is 24.3 Å². The Morgan fingerprint density at radius 3 is 1.92 bits per heavy atom. The van der Waals surface area contributed by atoms with E-state index in [1.165, 1.54) is 4.90 Å². The first-order valence-electron chi connectivity index (χ1n) is 14.2. The Morgan fingerprint density at radius 1 is 0.974 bits per heavy atom. The number of benzene rings is 1. The van der Waals surface area contributed by atoms with Crippen LogP contribution in [0, 0.1) is 28.1 Å². The second-order valence-electron chi connectivity index (χ2n) is 11.5. The number of nitrogens with zero attached hydrogens (tertiary/aromatic N) is 2. The van der Waals surface area contributed by atoms with E-state index in [9.17, 15) is 19.5 Å². The van der Waals surface area contributed by atoms with Crippen LogP contribution in [-0.2, 0) is 14.4 Å². The zero-order valence-corrected chi connectivity index (χ0v) is 26.2. The van der Waals surface area contributed by atoms with Gasteiger partial charge in [-0.15, -0.1) is 0 Å². The minimum Gasteiger partial charge on any atom is -0.391 e. The van der Waals surface area contributed by atoms with Crippen molar-refractivity contribution in [2.75, 3.05) is 6.54 Å². The zero-order valence-electron chi connectivity index (χ0n) is 26.2. The predicted octanol–water partition coefficient (Wildman–Crippen LogP) is 4.96. The minimum absolute atomic E-state index is 0.0260. The summed E-state index contributed by atoms with van der Waals surface area (Å²) in [6.07, 6.45) is -0.705. The van der Waals surface area contributed by atoms with Gasteiger partial charge in [0.05, 0.1) is 23.8 Å². The maximum atomic E-state index is 13.7. The van der Waals surface area contributed by atoms with Crippen LogP contribution in [0.3, 0.4) is 0 Å². The molecule has 8 nitrogen and oxygen atoms in total. The van der Waals surface area contributed by atoms with E-state index in [0.717, 1.165) is 5.56 Å². The Kier molecular flexibility index (Phi) is 14.4. The van der Waals surface area contributed by atoms with Crippen molar-refractivity contribution in [3.05, 3.63) is 35.4 Å². The summed E-state index contributed by atoms with van der Waals surface area (Å²) in [5.41, 5.74) is 0.0644. The van der Waals surface area contributed by atoms with Crippen LogP contribution in [0.1, 0.15) is 107 Å². The molecule has 1 heterocycles. The molecule has 4 atom stereocenters. The molecule has 1 saturated heterocycles. The Hall–Kier alpha value is -2.92. The number of aliphatic hydroxyl groups excluding tert-OH is 1. The fraction of sp³-hybridized carbons (Fsp3) is 0.677. The van der Waals surface area contributed by atoms with Gasteiger partial charge in [0, 0.05) is 18.4 Å². The van der Waals surface area contributed by atoms with Gasteiger partial charge < -0.3 is 20.6 Å². The van der Waals surface area contributed by atoms with Gasteiger partial charge in [0.25, 0.3) is 0 Å². The van der Waals surface area contributed by atoms with Gasteiger partial charge in [-0.2, -0.15) is 5.26 Å². The molecule has 1 aliphatic heterocycles. The number of aliphatic hydroxyl groups is 1. The molecule has 1 fully saturated rings. The van der Waals surface area contributed by atoms with Gasteiger partial charge in [0.1, 0.15) is 12.1 Å². The number of carbonyl (C=O) groups excluding carboxylic acids is 3. The van der Waals surface area contributed by atoms with Gasteiger partial charge >= 0.3 is 0 Å². The van der Waals surface area contributed by atoms with E-state index in [0.29, 0.717) is 5.56 Å². The number of rotatable bonds is 7. The molecule has 39 heavy (non-hydrogen) atoms. The predicted molar refractivity (Wildman–Crippen MR) is 157 cm³/mol. The fourth-order valence-corrected chi connectivity index (χ4v) is 3.94. The van der Waals surface area contributed by atoms with Crippen LogP contribution in [0.5, 0.6) is 0 Å². The number of amides is 3. The van der Waals surface area contributed by atoms with Crippen LogP contribution in [0.4, 0.5) is 0 Å². The average Bonchev–Trinajstić information content (AvgIpc) is 3.30. The lowest BCUT2D eigenvalue weighted by Crippen LogP contribution is -2.59. The molecule has 3 amide bonds. The molecule has 1 aromatic carbocycles. The molecular weight excluding hydrogens is 492 g/mol. The first-order valence-corrected chi connectivity index (χ1v) is 14.2. The average molecular weight is 545 g/mol. The summed E-state index contributed by atoms with van der Waals surface area (Å²) in [5.74, 6) is -0.911. The van der Waals surface area contributed by atoms with Crippen molar-refractivity contribution in [2.45, 2.75) is 114 Å². The number of nitriles is 1. The Morgan fingerprint density at radius 2 is 1.49 bits per heavy atom. The number of carbonyl (C=O) groups is 3. The summed E-state index contributed by atoms with van der Waals surface area (Å²) >= 11 is 0. The highest BCUT2D eigenvalue weighted by Gasteiger charge is 2.46. The standard InChI is InChI=1S/C27H40N4O4.2C2H6/c1-16(2)27(7,8)25(35)30-22(26(4,5)6)24(34)31-15-20(32)13-21(31)23(33)29-17(3)19-11-9-18(14-28)10-12-19;2*1-2/h9-12,16-17,20-22,32H,13,15H2,1-8H3,(H,29,33)(H,30,35);2*1-2H3. The highest BCUT2D eigenvalue weighted by molar-refractivity contribution is 5.94. The molecule has 0 spiro atoms. The molecule has 8 heteroatoms. The van der Waals surface area contributed by atoms with Crippen molar-refractivity contribution < 1.29 is 19.5 Å². The summed E-state index contributed by atoms with van der Waals surface area (Å²) in [5, 5.41) is 25.2. The van der Waals surface area contributed by atoms with Crippen molar-refractivity contribution in [2.24, 2.45) is 16.7 Å². The first-order chi connectivity index (χ1) is 18.1. The first kappa shape index (κ1) is 36.1. The van der Waals surface area contributed by atoms with Crippen LogP contribution in [-0.4, -0.2) is 52.5 Å². The lowest BCUT2D eigenvalue weighted by Gasteiger charge is -2.38. The van der Waals surface area contributed by atoms with Gasteiger partial charge in [0.15, 0.2) is 0 Å². The smallest absolute Gasteiger partial charge is 0.246 e. The number of hydrogen-bond acceptors (Lipinski definition) is 5. The second kappa shape index (κ2) is 15.6. The number of hydrogen-bond donors (Lipinski definition) is 3. The van der Waals surface area contributed by atoms with Crippen LogP contribution in [0.2, 0.25) is 0 Å². The summed E-state index contributed by atoms with van der Waals surface area (Å²) in [6, 6.07) is 6.92. The van der Waals surface area contributed by atoms with Gasteiger partial charge in [-0.25, -0.2) is 0 Å². The monoisotopic (exact) mass is 544 g/mol. The second-order valence-corrected chi connectivity index (χ2v) is 11.5. The van der Waals surface area contributed by atoms with E-state index in [1.807, 2.05) is 83.1 Å². The van der Waals surface area contributed by atoms with Crippen molar-refractivity contribution in [3.63, 3.8) is 0 Å². The lowest BCUT2D eigenvalue weighted by atomic mass is 9.78. The largest absolute Gasteiger partial charge is 0.391 e. The molecule has 1 aliphatic rings. The fourth-order valence-electron chi connectivity index (χ4n) is 3.94. The zero-order chi connectivity index (χ0) is 30.7.